The molecule has 1 aromatic rings. The van der Waals surface area contributed by atoms with Crippen LogP contribution in [0.15, 0.2) is 12.1 Å². The van der Waals surface area contributed by atoms with E-state index in [2.05, 4.69) is 11.8 Å². The van der Waals surface area contributed by atoms with Crippen molar-refractivity contribution in [1.82, 2.24) is 0 Å². The fourth-order valence-corrected chi connectivity index (χ4v) is 1.71. The maximum atomic E-state index is 7.10. The van der Waals surface area contributed by atoms with Gasteiger partial charge in [-0.25, -0.2) is 4.85 Å². The van der Waals surface area contributed by atoms with Gasteiger partial charge < -0.3 is 0 Å². The summed E-state index contributed by atoms with van der Waals surface area (Å²) < 4.78 is 0. The zero-order chi connectivity index (χ0) is 9.84. The van der Waals surface area contributed by atoms with Crippen LogP contribution in [0.2, 0.25) is 5.02 Å². The van der Waals surface area contributed by atoms with Crippen LogP contribution in [-0.2, 0) is 12.8 Å². The second kappa shape index (κ2) is 4.30. The van der Waals surface area contributed by atoms with Crippen molar-refractivity contribution >= 4 is 17.3 Å². The van der Waals surface area contributed by atoms with Gasteiger partial charge in [-0.1, -0.05) is 31.5 Å². The molecule has 0 atom stereocenters. The Balaban J connectivity index is 3.39. The van der Waals surface area contributed by atoms with Crippen LogP contribution in [0.1, 0.15) is 25.0 Å². The van der Waals surface area contributed by atoms with E-state index in [0.717, 1.165) is 29.7 Å². The SMILES string of the molecule is [C-]#[N+]c1c(CC)ccc(Cl)c1CC. The maximum Gasteiger partial charge on any atom is 0.194 e. The molecular weight excluding hydrogens is 182 g/mol. The van der Waals surface area contributed by atoms with Crippen molar-refractivity contribution in [3.05, 3.63) is 39.7 Å². The highest BCUT2D eigenvalue weighted by Gasteiger charge is 2.09. The summed E-state index contributed by atoms with van der Waals surface area (Å²) in [4.78, 5) is 3.54. The van der Waals surface area contributed by atoms with Crippen molar-refractivity contribution in [2.45, 2.75) is 26.7 Å². The van der Waals surface area contributed by atoms with Crippen molar-refractivity contribution < 1.29 is 0 Å². The van der Waals surface area contributed by atoms with Crippen molar-refractivity contribution in [1.29, 1.82) is 0 Å². The Morgan fingerprint density at radius 1 is 1.31 bits per heavy atom. The Kier molecular flexibility index (Phi) is 3.33. The molecule has 2 heteroatoms. The molecule has 0 amide bonds. The summed E-state index contributed by atoms with van der Waals surface area (Å²) in [5.41, 5.74) is 2.82. The Bertz CT molecular complexity index is 350. The van der Waals surface area contributed by atoms with Crippen molar-refractivity contribution in [2.24, 2.45) is 0 Å². The van der Waals surface area contributed by atoms with Gasteiger partial charge in [0.25, 0.3) is 0 Å². The summed E-state index contributed by atoms with van der Waals surface area (Å²) >= 11 is 5.99. The molecule has 1 rings (SSSR count). The van der Waals surface area contributed by atoms with E-state index in [4.69, 9.17) is 18.2 Å². The van der Waals surface area contributed by atoms with Crippen LogP contribution < -0.4 is 0 Å². The van der Waals surface area contributed by atoms with Crippen LogP contribution in [0.3, 0.4) is 0 Å². The first-order valence-electron chi connectivity index (χ1n) is 4.42. The molecule has 1 nitrogen and oxygen atoms in total. The van der Waals surface area contributed by atoms with Gasteiger partial charge in [0.2, 0.25) is 0 Å². The van der Waals surface area contributed by atoms with Gasteiger partial charge in [0, 0.05) is 5.02 Å². The van der Waals surface area contributed by atoms with E-state index in [-0.39, 0.29) is 0 Å². The summed E-state index contributed by atoms with van der Waals surface area (Å²) in [5.74, 6) is 0. The molecule has 0 fully saturated rings. The predicted molar refractivity (Wildman–Crippen MR) is 56.5 cm³/mol. The number of benzene rings is 1. The summed E-state index contributed by atoms with van der Waals surface area (Å²) in [6.07, 6.45) is 1.71. The summed E-state index contributed by atoms with van der Waals surface area (Å²) in [7, 11) is 0. The lowest BCUT2D eigenvalue weighted by Crippen LogP contribution is -1.88. The topological polar surface area (TPSA) is 4.36 Å². The van der Waals surface area contributed by atoms with Gasteiger partial charge in [0.15, 0.2) is 5.69 Å². The third kappa shape index (κ3) is 1.84. The molecule has 0 heterocycles. The molecule has 0 N–H and O–H groups in total. The van der Waals surface area contributed by atoms with E-state index in [0.29, 0.717) is 5.02 Å². The maximum absolute atomic E-state index is 7.10. The van der Waals surface area contributed by atoms with Gasteiger partial charge in [-0.05, 0) is 30.0 Å². The Morgan fingerprint density at radius 3 is 2.46 bits per heavy atom. The number of hydrogen-bond acceptors (Lipinski definition) is 0. The van der Waals surface area contributed by atoms with Crippen LogP contribution in [0.5, 0.6) is 0 Å². The Labute approximate surface area is 84.2 Å². The minimum absolute atomic E-state index is 0.714. The zero-order valence-electron chi connectivity index (χ0n) is 7.89. The fourth-order valence-electron chi connectivity index (χ4n) is 1.42. The lowest BCUT2D eigenvalue weighted by Gasteiger charge is -2.07. The molecule has 0 spiro atoms. The minimum Gasteiger partial charge on any atom is -0.238 e. The third-order valence-electron chi connectivity index (χ3n) is 2.16. The van der Waals surface area contributed by atoms with E-state index in [9.17, 15) is 0 Å². The Hall–Kier alpha value is -1.00. The highest BCUT2D eigenvalue weighted by atomic mass is 35.5. The van der Waals surface area contributed by atoms with Crippen LogP contribution >= 0.6 is 11.6 Å². The van der Waals surface area contributed by atoms with Crippen LogP contribution in [-0.4, -0.2) is 0 Å². The largest absolute Gasteiger partial charge is 0.238 e. The predicted octanol–water partition coefficient (Wildman–Crippen LogP) is 4.02. The molecule has 0 unspecified atom stereocenters. The number of rotatable bonds is 2. The monoisotopic (exact) mass is 193 g/mol. The lowest BCUT2D eigenvalue weighted by molar-refractivity contribution is 1.10. The second-order valence-electron chi connectivity index (χ2n) is 2.85. The highest BCUT2D eigenvalue weighted by Crippen LogP contribution is 2.31. The van der Waals surface area contributed by atoms with Gasteiger partial charge in [-0.15, -0.1) is 0 Å². The summed E-state index contributed by atoms with van der Waals surface area (Å²) in [6.45, 7) is 11.2. The zero-order valence-corrected chi connectivity index (χ0v) is 8.65. The van der Waals surface area contributed by atoms with Gasteiger partial charge in [0.05, 0.1) is 6.57 Å². The molecule has 0 aliphatic heterocycles. The molecule has 0 bridgehead atoms. The number of hydrogen-bond donors (Lipinski definition) is 0. The summed E-state index contributed by atoms with van der Waals surface area (Å²) in [5, 5.41) is 0.714. The first-order valence-corrected chi connectivity index (χ1v) is 4.80. The van der Waals surface area contributed by atoms with Gasteiger partial charge in [-0.3, -0.25) is 0 Å². The third-order valence-corrected chi connectivity index (χ3v) is 2.51. The second-order valence-corrected chi connectivity index (χ2v) is 3.26. The molecule has 1 aromatic carbocycles. The van der Waals surface area contributed by atoms with Gasteiger partial charge >= 0.3 is 0 Å². The van der Waals surface area contributed by atoms with Crippen molar-refractivity contribution in [3.8, 4) is 0 Å². The number of aryl methyl sites for hydroxylation is 1. The Morgan fingerprint density at radius 2 is 2.00 bits per heavy atom. The van der Waals surface area contributed by atoms with E-state index in [1.54, 1.807) is 0 Å². The van der Waals surface area contributed by atoms with E-state index in [1.165, 1.54) is 0 Å². The van der Waals surface area contributed by atoms with Gasteiger partial charge in [0.1, 0.15) is 0 Å². The smallest absolute Gasteiger partial charge is 0.194 e. The van der Waals surface area contributed by atoms with Crippen LogP contribution in [0, 0.1) is 6.57 Å². The molecular formula is C11H12ClN. The molecule has 0 aliphatic rings. The van der Waals surface area contributed by atoms with Gasteiger partial charge in [-0.2, -0.15) is 0 Å². The first-order chi connectivity index (χ1) is 6.24. The molecule has 68 valence electrons. The minimum atomic E-state index is 0.714. The lowest BCUT2D eigenvalue weighted by atomic mass is 10.0. The van der Waals surface area contributed by atoms with Crippen LogP contribution in [0.4, 0.5) is 5.69 Å². The van der Waals surface area contributed by atoms with Crippen molar-refractivity contribution in [2.75, 3.05) is 0 Å². The molecule has 13 heavy (non-hydrogen) atoms. The van der Waals surface area contributed by atoms with E-state index in [1.807, 2.05) is 19.1 Å². The number of halogens is 1. The van der Waals surface area contributed by atoms with Crippen molar-refractivity contribution in [3.63, 3.8) is 0 Å². The van der Waals surface area contributed by atoms with Crippen LogP contribution in [0.25, 0.3) is 4.85 Å². The average molecular weight is 194 g/mol. The molecule has 0 radical (unpaired) electrons. The molecule has 0 saturated carbocycles. The standard InChI is InChI=1S/C11H12ClN/c1-4-8-6-7-10(12)9(5-2)11(8)13-3/h6-7H,4-5H2,1-2H3. The quantitative estimate of drug-likeness (QED) is 0.625. The molecule has 0 saturated heterocycles. The fraction of sp³-hybridized carbons (Fsp3) is 0.364. The first kappa shape index (κ1) is 10.1. The normalized spacial score (nSPS) is 9.69. The average Bonchev–Trinajstić information content (AvgIpc) is 2.17. The summed E-state index contributed by atoms with van der Waals surface area (Å²) in [6, 6.07) is 3.82. The van der Waals surface area contributed by atoms with E-state index >= 15 is 0 Å². The van der Waals surface area contributed by atoms with E-state index < -0.39 is 0 Å². The number of nitrogens with zero attached hydrogens (tertiary/aromatic N) is 1. The molecule has 0 aromatic heterocycles. The highest BCUT2D eigenvalue weighted by molar-refractivity contribution is 6.31. The molecule has 0 aliphatic carbocycles.